The number of hydrogen-bond donors (Lipinski definition) is 3. The van der Waals surface area contributed by atoms with Gasteiger partial charge in [-0.3, -0.25) is 9.59 Å². The summed E-state index contributed by atoms with van der Waals surface area (Å²) in [5, 5.41) is 5.62. The van der Waals surface area contributed by atoms with Gasteiger partial charge in [0.05, 0.1) is 36.3 Å². The molecule has 33 heavy (non-hydrogen) atoms. The summed E-state index contributed by atoms with van der Waals surface area (Å²) < 4.78 is 5.12. The maximum Gasteiger partial charge on any atom is 0.329 e. The van der Waals surface area contributed by atoms with Crippen LogP contribution in [-0.4, -0.2) is 41.0 Å². The molecule has 3 atom stereocenters. The molecule has 0 bridgehead atoms. The number of amides is 4. The molecule has 1 saturated heterocycles. The van der Waals surface area contributed by atoms with E-state index in [0.717, 1.165) is 22.4 Å². The number of rotatable bonds is 8. The van der Waals surface area contributed by atoms with E-state index in [1.54, 1.807) is 24.3 Å². The Labute approximate surface area is 191 Å². The van der Waals surface area contributed by atoms with Crippen molar-refractivity contribution in [2.45, 2.75) is 38.8 Å². The Morgan fingerprint density at radius 1 is 1.18 bits per heavy atom. The van der Waals surface area contributed by atoms with Crippen LogP contribution < -0.4 is 20.3 Å². The molecule has 4 rings (SSSR count). The zero-order chi connectivity index (χ0) is 23.5. The molecule has 0 spiro atoms. The standard InChI is InChI=1S/C24H27N5O4/c1-4-14(2)21(22-25-17-7-5-6-8-18(17)26-22)28-20(30)13-19-23(31)29(24(32)27-19)15-9-11-16(33-3)12-10-15/h5-12,14,19,21H,4,13H2,1-3H3,(H,25,26)(H,27,32)(H,28,30)/t14-,19-,21+/m0/s1. The predicted octanol–water partition coefficient (Wildman–Crippen LogP) is 3.29. The van der Waals surface area contributed by atoms with Crippen LogP contribution in [0.3, 0.4) is 0 Å². The molecule has 0 aliphatic carbocycles. The van der Waals surface area contributed by atoms with Gasteiger partial charge in [0.25, 0.3) is 5.91 Å². The summed E-state index contributed by atoms with van der Waals surface area (Å²) in [6, 6.07) is 12.4. The Balaban J connectivity index is 1.47. The number of methoxy groups -OCH3 is 1. The summed E-state index contributed by atoms with van der Waals surface area (Å²) in [6.45, 7) is 4.08. The topological polar surface area (TPSA) is 116 Å². The molecule has 1 fully saturated rings. The number of carbonyl (C=O) groups excluding carboxylic acids is 3. The van der Waals surface area contributed by atoms with Crippen LogP contribution >= 0.6 is 0 Å². The second-order valence-electron chi connectivity index (χ2n) is 8.15. The maximum atomic E-state index is 12.9. The molecule has 1 aromatic heterocycles. The summed E-state index contributed by atoms with van der Waals surface area (Å²) in [6.07, 6.45) is 0.663. The van der Waals surface area contributed by atoms with Gasteiger partial charge in [0.2, 0.25) is 5.91 Å². The number of fused-ring (bicyclic) bond motifs is 1. The first-order valence-corrected chi connectivity index (χ1v) is 10.9. The van der Waals surface area contributed by atoms with Crippen LogP contribution in [0.2, 0.25) is 0 Å². The van der Waals surface area contributed by atoms with Gasteiger partial charge in [-0.15, -0.1) is 0 Å². The van der Waals surface area contributed by atoms with E-state index in [9.17, 15) is 14.4 Å². The Hall–Kier alpha value is -3.88. The predicted molar refractivity (Wildman–Crippen MR) is 124 cm³/mol. The first-order valence-electron chi connectivity index (χ1n) is 10.9. The highest BCUT2D eigenvalue weighted by molar-refractivity contribution is 6.22. The van der Waals surface area contributed by atoms with E-state index in [2.05, 4.69) is 20.6 Å². The number of para-hydroxylation sites is 2. The number of urea groups is 1. The molecule has 3 aromatic rings. The highest BCUT2D eigenvalue weighted by atomic mass is 16.5. The molecule has 9 heteroatoms. The van der Waals surface area contributed by atoms with Crippen molar-refractivity contribution in [3.63, 3.8) is 0 Å². The number of imidazole rings is 1. The van der Waals surface area contributed by atoms with Crippen LogP contribution in [0.25, 0.3) is 11.0 Å². The van der Waals surface area contributed by atoms with Crippen molar-refractivity contribution in [3.8, 4) is 5.75 Å². The number of carbonyl (C=O) groups is 3. The Kier molecular flexibility index (Phi) is 6.30. The highest BCUT2D eigenvalue weighted by Crippen LogP contribution is 2.26. The minimum atomic E-state index is -0.937. The van der Waals surface area contributed by atoms with Gasteiger partial charge < -0.3 is 20.4 Å². The van der Waals surface area contributed by atoms with E-state index < -0.39 is 18.0 Å². The van der Waals surface area contributed by atoms with Crippen LogP contribution in [0.1, 0.15) is 38.6 Å². The average Bonchev–Trinajstić information content (AvgIpc) is 3.37. The minimum absolute atomic E-state index is 0.110. The molecule has 3 N–H and O–H groups in total. The van der Waals surface area contributed by atoms with Crippen LogP contribution in [-0.2, 0) is 9.59 Å². The highest BCUT2D eigenvalue weighted by Gasteiger charge is 2.40. The lowest BCUT2D eigenvalue weighted by Gasteiger charge is -2.23. The fourth-order valence-electron chi connectivity index (χ4n) is 3.90. The van der Waals surface area contributed by atoms with Crippen molar-refractivity contribution < 1.29 is 19.1 Å². The molecule has 172 valence electrons. The first kappa shape index (κ1) is 22.3. The molecule has 1 aliphatic heterocycles. The summed E-state index contributed by atoms with van der Waals surface area (Å²) in [4.78, 5) is 47.2. The van der Waals surface area contributed by atoms with Crippen LogP contribution in [0.5, 0.6) is 5.75 Å². The molecule has 0 radical (unpaired) electrons. The van der Waals surface area contributed by atoms with Gasteiger partial charge in [-0.2, -0.15) is 0 Å². The van der Waals surface area contributed by atoms with E-state index >= 15 is 0 Å². The summed E-state index contributed by atoms with van der Waals surface area (Å²) in [7, 11) is 1.54. The number of imide groups is 1. The lowest BCUT2D eigenvalue weighted by molar-refractivity contribution is -0.126. The number of ether oxygens (including phenoxy) is 1. The lowest BCUT2D eigenvalue weighted by atomic mass is 9.98. The zero-order valence-corrected chi connectivity index (χ0v) is 18.8. The maximum absolute atomic E-state index is 12.9. The number of benzene rings is 2. The fourth-order valence-corrected chi connectivity index (χ4v) is 3.90. The number of nitrogens with zero attached hydrogens (tertiary/aromatic N) is 2. The van der Waals surface area contributed by atoms with Gasteiger partial charge in [-0.25, -0.2) is 14.7 Å². The fraction of sp³-hybridized carbons (Fsp3) is 0.333. The van der Waals surface area contributed by atoms with E-state index in [4.69, 9.17) is 4.74 Å². The number of H-pyrrole nitrogens is 1. The molecule has 4 amide bonds. The normalized spacial score (nSPS) is 17.7. The lowest BCUT2D eigenvalue weighted by Crippen LogP contribution is -2.39. The zero-order valence-electron chi connectivity index (χ0n) is 18.8. The first-order chi connectivity index (χ1) is 15.9. The van der Waals surface area contributed by atoms with Gasteiger partial charge in [-0.1, -0.05) is 32.4 Å². The van der Waals surface area contributed by atoms with Crippen molar-refractivity contribution in [2.75, 3.05) is 12.0 Å². The summed E-state index contributed by atoms with van der Waals surface area (Å²) in [5.41, 5.74) is 2.13. The van der Waals surface area contributed by atoms with Crippen LogP contribution in [0.4, 0.5) is 10.5 Å². The number of anilines is 1. The molecular weight excluding hydrogens is 422 g/mol. The van der Waals surface area contributed by atoms with Gasteiger partial charge in [0.1, 0.15) is 17.6 Å². The third-order valence-corrected chi connectivity index (χ3v) is 5.97. The SMILES string of the molecule is CC[C@H](C)[C@@H](NC(=O)C[C@@H]1NC(=O)N(c2ccc(OC)cc2)C1=O)c1nc2ccccc2[nH]1. The third-order valence-electron chi connectivity index (χ3n) is 5.97. The average molecular weight is 450 g/mol. The van der Waals surface area contributed by atoms with Gasteiger partial charge >= 0.3 is 6.03 Å². The van der Waals surface area contributed by atoms with Crippen molar-refractivity contribution in [3.05, 3.63) is 54.4 Å². The van der Waals surface area contributed by atoms with Gasteiger partial charge in [-0.05, 0) is 42.3 Å². The Morgan fingerprint density at radius 2 is 1.91 bits per heavy atom. The number of nitrogens with one attached hydrogen (secondary N) is 3. The molecule has 1 aliphatic rings. The molecule has 0 unspecified atom stereocenters. The van der Waals surface area contributed by atoms with E-state index in [0.29, 0.717) is 17.3 Å². The molecule has 2 aromatic carbocycles. The molecule has 2 heterocycles. The van der Waals surface area contributed by atoms with E-state index in [-0.39, 0.29) is 24.3 Å². The second-order valence-corrected chi connectivity index (χ2v) is 8.15. The van der Waals surface area contributed by atoms with Gasteiger partial charge in [0, 0.05) is 0 Å². The minimum Gasteiger partial charge on any atom is -0.497 e. The van der Waals surface area contributed by atoms with Crippen molar-refractivity contribution >= 4 is 34.6 Å². The van der Waals surface area contributed by atoms with E-state index in [1.165, 1.54) is 7.11 Å². The number of aromatic nitrogens is 2. The quantitative estimate of drug-likeness (QED) is 0.456. The van der Waals surface area contributed by atoms with Crippen LogP contribution in [0.15, 0.2) is 48.5 Å². The van der Waals surface area contributed by atoms with Crippen molar-refractivity contribution in [1.29, 1.82) is 0 Å². The second kappa shape index (κ2) is 9.32. The molecular formula is C24H27N5O4. The third kappa shape index (κ3) is 4.52. The smallest absolute Gasteiger partial charge is 0.329 e. The summed E-state index contributed by atoms with van der Waals surface area (Å²) >= 11 is 0. The molecule has 0 saturated carbocycles. The summed E-state index contributed by atoms with van der Waals surface area (Å²) in [5.74, 6) is 0.586. The Morgan fingerprint density at radius 3 is 2.58 bits per heavy atom. The molecule has 9 nitrogen and oxygen atoms in total. The monoisotopic (exact) mass is 449 g/mol. The van der Waals surface area contributed by atoms with Crippen molar-refractivity contribution in [2.24, 2.45) is 5.92 Å². The number of aromatic amines is 1. The van der Waals surface area contributed by atoms with Gasteiger partial charge in [0.15, 0.2) is 0 Å². The Bertz CT molecular complexity index is 1140. The van der Waals surface area contributed by atoms with Crippen LogP contribution in [0, 0.1) is 5.92 Å². The van der Waals surface area contributed by atoms with E-state index in [1.807, 2.05) is 38.1 Å². The largest absolute Gasteiger partial charge is 0.497 e. The van der Waals surface area contributed by atoms with Crippen molar-refractivity contribution in [1.82, 2.24) is 20.6 Å². The number of hydrogen-bond acceptors (Lipinski definition) is 5.